The summed E-state index contributed by atoms with van der Waals surface area (Å²) >= 11 is 0. The van der Waals surface area contributed by atoms with E-state index in [2.05, 4.69) is 40.4 Å². The van der Waals surface area contributed by atoms with Gasteiger partial charge in [0.2, 0.25) is 5.91 Å². The zero-order valence-electron chi connectivity index (χ0n) is 13.3. The summed E-state index contributed by atoms with van der Waals surface area (Å²) in [6.45, 7) is 3.91. The predicted molar refractivity (Wildman–Crippen MR) is 87.9 cm³/mol. The molecule has 2 saturated heterocycles. The van der Waals surface area contributed by atoms with Crippen molar-refractivity contribution in [2.45, 2.75) is 30.9 Å². The van der Waals surface area contributed by atoms with Gasteiger partial charge in [0.1, 0.15) is 6.04 Å². The van der Waals surface area contributed by atoms with Crippen LogP contribution in [-0.2, 0) is 15.1 Å². The van der Waals surface area contributed by atoms with E-state index in [4.69, 9.17) is 4.74 Å². The number of carbonyl (C=O) groups is 1. The highest BCUT2D eigenvalue weighted by atomic mass is 16.5. The number of carbonyl (C=O) groups excluding carboxylic acids is 1. The number of hydrazine groups is 1. The van der Waals surface area contributed by atoms with Crippen molar-refractivity contribution in [3.63, 3.8) is 0 Å². The van der Waals surface area contributed by atoms with Crippen LogP contribution < -0.4 is 16.2 Å². The number of para-hydroxylation sites is 1. The number of nitrogens with one attached hydrogen (secondary N) is 3. The molecule has 3 aliphatic heterocycles. The monoisotopic (exact) mass is 316 g/mol. The number of piperidine rings is 1. The molecule has 0 aliphatic carbocycles. The maximum atomic E-state index is 12.6. The summed E-state index contributed by atoms with van der Waals surface area (Å²) in [6.07, 6.45) is 2.58. The molecule has 124 valence electrons. The number of anilines is 1. The zero-order chi connectivity index (χ0) is 15.7. The van der Waals surface area contributed by atoms with E-state index in [-0.39, 0.29) is 17.6 Å². The van der Waals surface area contributed by atoms with Gasteiger partial charge in [0.15, 0.2) is 0 Å². The average Bonchev–Trinajstić information content (AvgIpc) is 3.08. The topological polar surface area (TPSA) is 65.6 Å². The Morgan fingerprint density at radius 2 is 2.04 bits per heavy atom. The van der Waals surface area contributed by atoms with Gasteiger partial charge in [0, 0.05) is 37.4 Å². The van der Waals surface area contributed by atoms with Gasteiger partial charge in [-0.1, -0.05) is 18.2 Å². The molecule has 4 rings (SSSR count). The first kappa shape index (κ1) is 14.9. The standard InChI is InChI=1S/C17H24N4O2/c22-16(15-5-8-19-20-15)21-10-6-17(7-11-21)13-3-1-2-4-14(13)18-9-12-23-17/h1-4,15,18-20H,5-12H2. The molecule has 0 saturated carbocycles. The van der Waals surface area contributed by atoms with Crippen molar-refractivity contribution in [2.24, 2.45) is 0 Å². The lowest BCUT2D eigenvalue weighted by Crippen LogP contribution is -2.51. The van der Waals surface area contributed by atoms with Crippen LogP contribution >= 0.6 is 0 Å². The van der Waals surface area contributed by atoms with Gasteiger partial charge < -0.3 is 15.0 Å². The van der Waals surface area contributed by atoms with Gasteiger partial charge in [0.25, 0.3) is 0 Å². The first-order valence-electron chi connectivity index (χ1n) is 8.53. The molecule has 1 atom stereocenters. The van der Waals surface area contributed by atoms with Crippen LogP contribution in [0.15, 0.2) is 24.3 Å². The maximum absolute atomic E-state index is 12.6. The molecular weight excluding hydrogens is 292 g/mol. The van der Waals surface area contributed by atoms with Gasteiger partial charge in [-0.15, -0.1) is 0 Å². The minimum atomic E-state index is -0.252. The quantitative estimate of drug-likeness (QED) is 0.716. The van der Waals surface area contributed by atoms with E-state index < -0.39 is 0 Å². The zero-order valence-corrected chi connectivity index (χ0v) is 13.3. The Morgan fingerprint density at radius 3 is 2.83 bits per heavy atom. The fourth-order valence-electron chi connectivity index (χ4n) is 3.94. The number of benzene rings is 1. The Kier molecular flexibility index (Phi) is 3.97. The Hall–Kier alpha value is -1.63. The van der Waals surface area contributed by atoms with Gasteiger partial charge in [-0.05, 0) is 25.3 Å². The summed E-state index contributed by atoms with van der Waals surface area (Å²) in [4.78, 5) is 14.5. The van der Waals surface area contributed by atoms with E-state index in [0.717, 1.165) is 45.4 Å². The minimum absolute atomic E-state index is 0.0759. The third-order valence-corrected chi connectivity index (χ3v) is 5.23. The number of nitrogens with zero attached hydrogens (tertiary/aromatic N) is 1. The molecule has 3 N–H and O–H groups in total. The number of hydrogen-bond acceptors (Lipinski definition) is 5. The fourth-order valence-corrected chi connectivity index (χ4v) is 3.94. The molecule has 3 aliphatic rings. The molecule has 1 aromatic rings. The average molecular weight is 316 g/mol. The smallest absolute Gasteiger partial charge is 0.241 e. The third kappa shape index (κ3) is 2.71. The normalized spacial score (nSPS) is 26.4. The van der Waals surface area contributed by atoms with Crippen LogP contribution in [0.4, 0.5) is 5.69 Å². The fraction of sp³-hybridized carbons (Fsp3) is 0.588. The summed E-state index contributed by atoms with van der Waals surface area (Å²) in [7, 11) is 0. The van der Waals surface area contributed by atoms with E-state index >= 15 is 0 Å². The molecular formula is C17H24N4O2. The molecule has 3 heterocycles. The number of rotatable bonds is 1. The van der Waals surface area contributed by atoms with Crippen LogP contribution in [0.25, 0.3) is 0 Å². The molecule has 1 aromatic carbocycles. The highest BCUT2D eigenvalue weighted by Crippen LogP contribution is 2.41. The summed E-state index contributed by atoms with van der Waals surface area (Å²) < 4.78 is 6.28. The van der Waals surface area contributed by atoms with Gasteiger partial charge in [-0.3, -0.25) is 10.2 Å². The van der Waals surface area contributed by atoms with Crippen LogP contribution in [0.5, 0.6) is 0 Å². The SMILES string of the molecule is O=C(C1CCNN1)N1CCC2(CC1)OCCNc1ccccc12. The van der Waals surface area contributed by atoms with Gasteiger partial charge in [-0.2, -0.15) is 0 Å². The molecule has 1 unspecified atom stereocenters. The van der Waals surface area contributed by atoms with Crippen LogP contribution in [-0.4, -0.2) is 49.6 Å². The van der Waals surface area contributed by atoms with Crippen molar-refractivity contribution in [3.8, 4) is 0 Å². The number of fused-ring (bicyclic) bond motifs is 2. The van der Waals surface area contributed by atoms with Crippen molar-refractivity contribution >= 4 is 11.6 Å². The molecule has 0 radical (unpaired) electrons. The summed E-state index contributed by atoms with van der Waals surface area (Å²) in [5.41, 5.74) is 8.27. The van der Waals surface area contributed by atoms with E-state index in [9.17, 15) is 4.79 Å². The van der Waals surface area contributed by atoms with Crippen LogP contribution in [0.3, 0.4) is 0 Å². The Balaban J connectivity index is 1.51. The van der Waals surface area contributed by atoms with Crippen molar-refractivity contribution in [3.05, 3.63) is 29.8 Å². The van der Waals surface area contributed by atoms with Crippen LogP contribution in [0.1, 0.15) is 24.8 Å². The van der Waals surface area contributed by atoms with Crippen molar-refractivity contribution < 1.29 is 9.53 Å². The van der Waals surface area contributed by atoms with Gasteiger partial charge in [0.05, 0.1) is 12.2 Å². The van der Waals surface area contributed by atoms with Gasteiger partial charge >= 0.3 is 0 Å². The number of ether oxygens (including phenoxy) is 1. The molecule has 1 amide bonds. The van der Waals surface area contributed by atoms with Crippen molar-refractivity contribution in [2.75, 3.05) is 38.1 Å². The number of likely N-dealkylation sites (tertiary alicyclic amines) is 1. The molecule has 1 spiro atoms. The van der Waals surface area contributed by atoms with Gasteiger partial charge in [-0.25, -0.2) is 5.43 Å². The second kappa shape index (κ2) is 6.11. The third-order valence-electron chi connectivity index (χ3n) is 5.23. The Morgan fingerprint density at radius 1 is 1.22 bits per heavy atom. The molecule has 23 heavy (non-hydrogen) atoms. The lowest BCUT2D eigenvalue weighted by Gasteiger charge is -2.42. The molecule has 6 nitrogen and oxygen atoms in total. The lowest BCUT2D eigenvalue weighted by molar-refractivity contribution is -0.140. The van der Waals surface area contributed by atoms with E-state index in [0.29, 0.717) is 6.61 Å². The first-order chi connectivity index (χ1) is 11.3. The van der Waals surface area contributed by atoms with Crippen LogP contribution in [0, 0.1) is 0 Å². The summed E-state index contributed by atoms with van der Waals surface area (Å²) in [5.74, 6) is 0.213. The number of amides is 1. The number of hydrogen-bond donors (Lipinski definition) is 3. The highest BCUT2D eigenvalue weighted by molar-refractivity contribution is 5.82. The minimum Gasteiger partial charge on any atom is -0.382 e. The summed E-state index contributed by atoms with van der Waals surface area (Å²) in [6, 6.07) is 8.34. The molecule has 2 fully saturated rings. The van der Waals surface area contributed by atoms with E-state index in [1.807, 2.05) is 4.90 Å². The van der Waals surface area contributed by atoms with E-state index in [1.165, 1.54) is 11.3 Å². The van der Waals surface area contributed by atoms with Crippen LogP contribution in [0.2, 0.25) is 0 Å². The highest BCUT2D eigenvalue weighted by Gasteiger charge is 2.41. The largest absolute Gasteiger partial charge is 0.382 e. The Labute approximate surface area is 136 Å². The Bertz CT molecular complexity index is 578. The maximum Gasteiger partial charge on any atom is 0.241 e. The molecule has 0 aromatic heterocycles. The molecule has 6 heteroatoms. The predicted octanol–water partition coefficient (Wildman–Crippen LogP) is 0.813. The molecule has 0 bridgehead atoms. The van der Waals surface area contributed by atoms with E-state index in [1.54, 1.807) is 0 Å². The second-order valence-corrected chi connectivity index (χ2v) is 6.55. The van der Waals surface area contributed by atoms with Crippen molar-refractivity contribution in [1.29, 1.82) is 0 Å². The first-order valence-corrected chi connectivity index (χ1v) is 8.53. The lowest BCUT2D eigenvalue weighted by atomic mass is 9.83. The second-order valence-electron chi connectivity index (χ2n) is 6.55. The summed E-state index contributed by atoms with van der Waals surface area (Å²) in [5, 5.41) is 3.45. The van der Waals surface area contributed by atoms with Crippen molar-refractivity contribution in [1.82, 2.24) is 15.8 Å².